The molecule has 6 heteroatoms. The summed E-state index contributed by atoms with van der Waals surface area (Å²) in [5.41, 5.74) is 8.78. The minimum Gasteiger partial charge on any atom is -0.382 e. The monoisotopic (exact) mass is 321 g/mol. The molecule has 0 saturated carbocycles. The van der Waals surface area contributed by atoms with E-state index in [1.807, 2.05) is 5.38 Å². The number of halogens is 2. The van der Waals surface area contributed by atoms with Crippen molar-refractivity contribution in [3.8, 4) is 21.7 Å². The van der Waals surface area contributed by atoms with E-state index in [9.17, 15) is 4.39 Å². The molecule has 0 fully saturated rings. The van der Waals surface area contributed by atoms with Crippen molar-refractivity contribution >= 4 is 28.8 Å². The van der Waals surface area contributed by atoms with E-state index in [0.29, 0.717) is 11.1 Å². The van der Waals surface area contributed by atoms with Crippen LogP contribution in [0.1, 0.15) is 12.5 Å². The second-order valence-electron chi connectivity index (χ2n) is 4.59. The highest BCUT2D eigenvalue weighted by Crippen LogP contribution is 2.40. The first-order valence-electron chi connectivity index (χ1n) is 6.48. The number of nitrogens with zero attached hydrogens (tertiary/aromatic N) is 1. The Morgan fingerprint density at radius 3 is 2.95 bits per heavy atom. The molecule has 0 bridgehead atoms. The largest absolute Gasteiger partial charge is 0.382 e. The second kappa shape index (κ2) is 5.50. The minimum atomic E-state index is -0.483. The van der Waals surface area contributed by atoms with Crippen LogP contribution < -0.4 is 5.73 Å². The molecule has 0 atom stereocenters. The van der Waals surface area contributed by atoms with Crippen LogP contribution in [0.5, 0.6) is 0 Å². The fraction of sp³-hybridized carbons (Fsp3) is 0.133. The molecule has 2 heterocycles. The number of rotatable bonds is 3. The van der Waals surface area contributed by atoms with Gasteiger partial charge in [-0.1, -0.05) is 30.7 Å². The highest BCUT2D eigenvalue weighted by molar-refractivity contribution is 7.13. The Bertz CT molecular complexity index is 794. The lowest BCUT2D eigenvalue weighted by atomic mass is 10.0. The number of aromatic nitrogens is 2. The van der Waals surface area contributed by atoms with Crippen LogP contribution in [0.25, 0.3) is 21.7 Å². The van der Waals surface area contributed by atoms with Crippen molar-refractivity contribution in [1.29, 1.82) is 0 Å². The number of hydrogen-bond donors (Lipinski definition) is 2. The maximum atomic E-state index is 14.3. The van der Waals surface area contributed by atoms with Crippen LogP contribution in [-0.2, 0) is 6.42 Å². The molecule has 3 nitrogen and oxygen atoms in total. The molecular formula is C15H13ClFN3S. The number of aryl methyl sites for hydroxylation is 1. The zero-order chi connectivity index (χ0) is 15.0. The van der Waals surface area contributed by atoms with Crippen molar-refractivity contribution in [2.24, 2.45) is 0 Å². The van der Waals surface area contributed by atoms with Gasteiger partial charge in [0.25, 0.3) is 0 Å². The summed E-state index contributed by atoms with van der Waals surface area (Å²) in [4.78, 5) is 1.02. The molecule has 0 spiro atoms. The fourth-order valence-electron chi connectivity index (χ4n) is 2.32. The summed E-state index contributed by atoms with van der Waals surface area (Å²) in [5.74, 6) is -0.218. The van der Waals surface area contributed by atoms with Crippen LogP contribution in [0.3, 0.4) is 0 Å². The smallest absolute Gasteiger partial charge is 0.153 e. The summed E-state index contributed by atoms with van der Waals surface area (Å²) in [6.07, 6.45) is 0.884. The van der Waals surface area contributed by atoms with Gasteiger partial charge in [0.2, 0.25) is 0 Å². The summed E-state index contributed by atoms with van der Waals surface area (Å²) in [5, 5.41) is 9.04. The minimum absolute atomic E-state index is 0.0703. The van der Waals surface area contributed by atoms with Gasteiger partial charge in [0, 0.05) is 5.56 Å². The van der Waals surface area contributed by atoms with Gasteiger partial charge in [-0.15, -0.1) is 11.3 Å². The van der Waals surface area contributed by atoms with Gasteiger partial charge in [-0.05, 0) is 29.5 Å². The first-order valence-corrected chi connectivity index (χ1v) is 7.74. The number of anilines is 1. The predicted octanol–water partition coefficient (Wildman–Crippen LogP) is 4.74. The molecule has 0 aliphatic rings. The maximum Gasteiger partial charge on any atom is 0.153 e. The maximum absolute atomic E-state index is 14.3. The van der Waals surface area contributed by atoms with E-state index in [0.717, 1.165) is 17.0 Å². The first-order chi connectivity index (χ1) is 10.1. The lowest BCUT2D eigenvalue weighted by Gasteiger charge is -2.07. The van der Waals surface area contributed by atoms with Crippen LogP contribution >= 0.6 is 22.9 Å². The Kier molecular flexibility index (Phi) is 3.69. The highest BCUT2D eigenvalue weighted by atomic mass is 35.5. The number of nitrogens with one attached hydrogen (secondary N) is 1. The zero-order valence-corrected chi connectivity index (χ0v) is 12.9. The Labute approximate surface area is 130 Å². The van der Waals surface area contributed by atoms with Crippen LogP contribution in [-0.4, -0.2) is 10.2 Å². The van der Waals surface area contributed by atoms with Gasteiger partial charge in [-0.2, -0.15) is 5.10 Å². The van der Waals surface area contributed by atoms with Gasteiger partial charge in [0.15, 0.2) is 5.82 Å². The average molecular weight is 322 g/mol. The topological polar surface area (TPSA) is 54.7 Å². The van der Waals surface area contributed by atoms with Gasteiger partial charge in [0.1, 0.15) is 5.82 Å². The van der Waals surface area contributed by atoms with E-state index < -0.39 is 5.82 Å². The molecular weight excluding hydrogens is 309 g/mol. The van der Waals surface area contributed by atoms with Gasteiger partial charge in [0.05, 0.1) is 21.2 Å². The third-order valence-electron chi connectivity index (χ3n) is 3.37. The van der Waals surface area contributed by atoms with Crippen molar-refractivity contribution in [2.45, 2.75) is 13.3 Å². The summed E-state index contributed by atoms with van der Waals surface area (Å²) in [7, 11) is 0. The Hall–Kier alpha value is -1.85. The van der Waals surface area contributed by atoms with Crippen LogP contribution in [0, 0.1) is 5.82 Å². The molecule has 2 aromatic heterocycles. The van der Waals surface area contributed by atoms with E-state index in [1.165, 1.54) is 11.6 Å². The number of hydrogen-bond acceptors (Lipinski definition) is 3. The lowest BCUT2D eigenvalue weighted by molar-refractivity contribution is 0.632. The molecule has 3 rings (SSSR count). The van der Waals surface area contributed by atoms with Crippen molar-refractivity contribution in [3.63, 3.8) is 0 Å². The highest BCUT2D eigenvalue weighted by Gasteiger charge is 2.21. The number of nitrogen functional groups attached to an aromatic ring is 1. The van der Waals surface area contributed by atoms with Crippen molar-refractivity contribution in [2.75, 3.05) is 5.73 Å². The number of aromatic amines is 1. The van der Waals surface area contributed by atoms with Crippen LogP contribution in [0.2, 0.25) is 5.02 Å². The Morgan fingerprint density at radius 1 is 1.38 bits per heavy atom. The molecule has 21 heavy (non-hydrogen) atoms. The number of benzene rings is 1. The molecule has 0 amide bonds. The summed E-state index contributed by atoms with van der Waals surface area (Å²) >= 11 is 7.45. The van der Waals surface area contributed by atoms with E-state index in [-0.39, 0.29) is 10.8 Å². The summed E-state index contributed by atoms with van der Waals surface area (Å²) < 4.78 is 14.3. The molecule has 0 unspecified atom stereocenters. The van der Waals surface area contributed by atoms with Gasteiger partial charge in [-0.25, -0.2) is 4.39 Å². The second-order valence-corrected chi connectivity index (χ2v) is 5.91. The van der Waals surface area contributed by atoms with Gasteiger partial charge < -0.3 is 5.73 Å². The van der Waals surface area contributed by atoms with Crippen molar-refractivity contribution in [3.05, 3.63) is 46.0 Å². The van der Waals surface area contributed by atoms with Crippen LogP contribution in [0.4, 0.5) is 10.2 Å². The Balaban J connectivity index is 2.25. The van der Waals surface area contributed by atoms with Gasteiger partial charge in [-0.3, -0.25) is 5.10 Å². The van der Waals surface area contributed by atoms with E-state index in [1.54, 1.807) is 23.5 Å². The third kappa shape index (κ3) is 2.32. The number of H-pyrrole nitrogens is 1. The summed E-state index contributed by atoms with van der Waals surface area (Å²) in [6, 6.07) is 6.92. The zero-order valence-electron chi connectivity index (χ0n) is 11.3. The Morgan fingerprint density at radius 2 is 2.19 bits per heavy atom. The summed E-state index contributed by atoms with van der Waals surface area (Å²) in [6.45, 7) is 2.07. The molecule has 1 aromatic carbocycles. The van der Waals surface area contributed by atoms with E-state index in [2.05, 4.69) is 23.2 Å². The lowest BCUT2D eigenvalue weighted by Crippen LogP contribution is -1.92. The fourth-order valence-corrected chi connectivity index (χ4v) is 3.50. The van der Waals surface area contributed by atoms with Crippen LogP contribution in [0.15, 0.2) is 29.6 Å². The predicted molar refractivity (Wildman–Crippen MR) is 86.1 cm³/mol. The average Bonchev–Trinajstić information content (AvgIpc) is 3.08. The molecule has 3 aromatic rings. The standard InChI is InChI=1S/C15H13ClFN3S/c1-2-8-6-7-21-14(8)13-11(15(18)20-19-13)9-4-3-5-10(16)12(9)17/h3-7H,2H2,1H3,(H3,18,19,20). The van der Waals surface area contributed by atoms with Crippen molar-refractivity contribution in [1.82, 2.24) is 10.2 Å². The normalized spacial score (nSPS) is 11.0. The van der Waals surface area contributed by atoms with Crippen molar-refractivity contribution < 1.29 is 4.39 Å². The van der Waals surface area contributed by atoms with E-state index in [4.69, 9.17) is 17.3 Å². The third-order valence-corrected chi connectivity index (χ3v) is 4.64. The number of thiophene rings is 1. The molecule has 108 valence electrons. The molecule has 0 aliphatic carbocycles. The SMILES string of the molecule is CCc1ccsc1-c1[nH]nc(N)c1-c1cccc(Cl)c1F. The quantitative estimate of drug-likeness (QED) is 0.732. The first kappa shape index (κ1) is 14.1. The number of nitrogens with two attached hydrogens (primary N) is 1. The molecule has 0 aliphatic heterocycles. The molecule has 0 saturated heterocycles. The molecule has 0 radical (unpaired) electrons. The van der Waals surface area contributed by atoms with Gasteiger partial charge >= 0.3 is 0 Å². The van der Waals surface area contributed by atoms with E-state index >= 15 is 0 Å². The molecule has 3 N–H and O–H groups in total.